The van der Waals surface area contributed by atoms with Crippen LogP contribution in [0.2, 0.25) is 0 Å². The summed E-state index contributed by atoms with van der Waals surface area (Å²) in [6.45, 7) is 5.52. The first-order chi connectivity index (χ1) is 10.8. The molecule has 1 aromatic carbocycles. The Morgan fingerprint density at radius 2 is 1.83 bits per heavy atom. The smallest absolute Gasteiger partial charge is 0.338 e. The summed E-state index contributed by atoms with van der Waals surface area (Å²) in [5, 5.41) is 2.68. The summed E-state index contributed by atoms with van der Waals surface area (Å²) in [6.07, 6.45) is 3.19. The SMILES string of the molecule is CN/C=C\C(=O)N(C=O)Cc1ccc(C(=O)OC(C)(C)C)cc1. The maximum absolute atomic E-state index is 11.9. The Kier molecular flexibility index (Phi) is 6.50. The van der Waals surface area contributed by atoms with Gasteiger partial charge in [0.1, 0.15) is 5.60 Å². The highest BCUT2D eigenvalue weighted by Crippen LogP contribution is 2.13. The van der Waals surface area contributed by atoms with Crippen molar-refractivity contribution in [2.24, 2.45) is 0 Å². The fourth-order valence-electron chi connectivity index (χ4n) is 1.70. The molecule has 0 bridgehead atoms. The molecule has 0 unspecified atom stereocenters. The Balaban J connectivity index is 2.76. The molecule has 0 fully saturated rings. The molecule has 0 atom stereocenters. The minimum absolute atomic E-state index is 0.130. The number of esters is 1. The first-order valence-corrected chi connectivity index (χ1v) is 7.19. The van der Waals surface area contributed by atoms with Crippen LogP contribution in [0.15, 0.2) is 36.5 Å². The van der Waals surface area contributed by atoms with Gasteiger partial charge in [0.15, 0.2) is 0 Å². The van der Waals surface area contributed by atoms with E-state index in [-0.39, 0.29) is 6.54 Å². The van der Waals surface area contributed by atoms with E-state index < -0.39 is 17.5 Å². The van der Waals surface area contributed by atoms with Gasteiger partial charge in [0, 0.05) is 19.3 Å². The standard InChI is InChI=1S/C17H22N2O4/c1-17(2,3)23-16(22)14-7-5-13(6-8-14)11-19(12-20)15(21)9-10-18-4/h5-10,12,18H,11H2,1-4H3/b10-9-. The largest absolute Gasteiger partial charge is 0.456 e. The molecule has 2 amide bonds. The van der Waals surface area contributed by atoms with E-state index in [1.807, 2.05) is 0 Å². The molecule has 0 saturated carbocycles. The number of nitrogens with zero attached hydrogens (tertiary/aromatic N) is 1. The van der Waals surface area contributed by atoms with Crippen molar-refractivity contribution in [1.82, 2.24) is 10.2 Å². The van der Waals surface area contributed by atoms with Gasteiger partial charge in [-0.25, -0.2) is 4.79 Å². The summed E-state index contributed by atoms with van der Waals surface area (Å²) >= 11 is 0. The fourth-order valence-corrected chi connectivity index (χ4v) is 1.70. The second-order valence-corrected chi connectivity index (χ2v) is 5.89. The Bertz CT molecular complexity index is 586. The molecule has 1 N–H and O–H groups in total. The van der Waals surface area contributed by atoms with Gasteiger partial charge in [-0.3, -0.25) is 14.5 Å². The van der Waals surface area contributed by atoms with E-state index in [4.69, 9.17) is 4.74 Å². The van der Waals surface area contributed by atoms with Crippen LogP contribution in [0.3, 0.4) is 0 Å². The summed E-state index contributed by atoms with van der Waals surface area (Å²) in [7, 11) is 1.66. The second kappa shape index (κ2) is 8.12. The Morgan fingerprint density at radius 1 is 1.22 bits per heavy atom. The zero-order chi connectivity index (χ0) is 17.5. The fraction of sp³-hybridized carbons (Fsp3) is 0.353. The molecule has 0 radical (unpaired) electrons. The molecule has 6 heteroatoms. The number of ether oxygens (including phenoxy) is 1. The quantitative estimate of drug-likeness (QED) is 0.492. The molecule has 0 aliphatic heterocycles. The number of amides is 2. The minimum Gasteiger partial charge on any atom is -0.456 e. The van der Waals surface area contributed by atoms with Crippen molar-refractivity contribution < 1.29 is 19.1 Å². The predicted molar refractivity (Wildman–Crippen MR) is 86.4 cm³/mol. The van der Waals surface area contributed by atoms with Crippen LogP contribution in [0.4, 0.5) is 0 Å². The highest BCUT2D eigenvalue weighted by Gasteiger charge is 2.18. The molecule has 23 heavy (non-hydrogen) atoms. The van der Waals surface area contributed by atoms with Gasteiger partial charge in [-0.05, 0) is 38.5 Å². The van der Waals surface area contributed by atoms with Crippen LogP contribution in [0.25, 0.3) is 0 Å². The van der Waals surface area contributed by atoms with Crippen LogP contribution in [-0.2, 0) is 20.9 Å². The number of benzene rings is 1. The zero-order valence-electron chi connectivity index (χ0n) is 13.8. The van der Waals surface area contributed by atoms with Gasteiger partial charge in [-0.15, -0.1) is 0 Å². The number of hydrogen-bond acceptors (Lipinski definition) is 5. The number of hydrogen-bond donors (Lipinski definition) is 1. The van der Waals surface area contributed by atoms with Crippen LogP contribution < -0.4 is 5.32 Å². The Labute approximate surface area is 136 Å². The lowest BCUT2D eigenvalue weighted by Crippen LogP contribution is -2.27. The lowest BCUT2D eigenvalue weighted by Gasteiger charge is -2.19. The third-order valence-electron chi connectivity index (χ3n) is 2.74. The van der Waals surface area contributed by atoms with Crippen molar-refractivity contribution >= 4 is 18.3 Å². The van der Waals surface area contributed by atoms with Crippen LogP contribution in [0, 0.1) is 0 Å². The van der Waals surface area contributed by atoms with Crippen molar-refractivity contribution in [3.63, 3.8) is 0 Å². The summed E-state index contributed by atoms with van der Waals surface area (Å²) in [5.74, 6) is -0.838. The first kappa shape index (κ1) is 18.4. The number of nitrogens with one attached hydrogen (secondary N) is 1. The van der Waals surface area contributed by atoms with E-state index in [0.717, 1.165) is 10.5 Å². The number of carbonyl (C=O) groups excluding carboxylic acids is 3. The van der Waals surface area contributed by atoms with Gasteiger partial charge in [-0.2, -0.15) is 0 Å². The maximum atomic E-state index is 11.9. The molecular weight excluding hydrogens is 296 g/mol. The highest BCUT2D eigenvalue weighted by atomic mass is 16.6. The topological polar surface area (TPSA) is 75.7 Å². The maximum Gasteiger partial charge on any atom is 0.338 e. The van der Waals surface area contributed by atoms with E-state index in [1.54, 1.807) is 52.1 Å². The monoisotopic (exact) mass is 318 g/mol. The second-order valence-electron chi connectivity index (χ2n) is 5.89. The molecule has 0 spiro atoms. The molecule has 0 aliphatic carbocycles. The molecule has 1 rings (SSSR count). The molecule has 0 saturated heterocycles. The van der Waals surface area contributed by atoms with Gasteiger partial charge < -0.3 is 10.1 Å². The van der Waals surface area contributed by atoms with E-state index in [9.17, 15) is 14.4 Å². The van der Waals surface area contributed by atoms with Crippen LogP contribution in [0.1, 0.15) is 36.7 Å². The molecule has 0 heterocycles. The van der Waals surface area contributed by atoms with Crippen molar-refractivity contribution in [2.45, 2.75) is 32.9 Å². The number of rotatable bonds is 6. The normalized spacial score (nSPS) is 11.1. The van der Waals surface area contributed by atoms with Crippen molar-refractivity contribution in [1.29, 1.82) is 0 Å². The Morgan fingerprint density at radius 3 is 2.30 bits per heavy atom. The molecule has 124 valence electrons. The highest BCUT2D eigenvalue weighted by molar-refractivity contribution is 5.94. The molecule has 6 nitrogen and oxygen atoms in total. The molecular formula is C17H22N2O4. The predicted octanol–water partition coefficient (Wildman–Crippen LogP) is 1.86. The third-order valence-corrected chi connectivity index (χ3v) is 2.74. The Hall–Kier alpha value is -2.63. The lowest BCUT2D eigenvalue weighted by molar-refractivity contribution is -0.135. The average molecular weight is 318 g/mol. The number of carbonyl (C=O) groups is 3. The van der Waals surface area contributed by atoms with Crippen LogP contribution in [-0.4, -0.2) is 35.8 Å². The molecule has 1 aromatic rings. The van der Waals surface area contributed by atoms with Crippen molar-refractivity contribution in [3.05, 3.63) is 47.7 Å². The third kappa shape index (κ3) is 6.34. The minimum atomic E-state index is -0.559. The molecule has 0 aromatic heterocycles. The van der Waals surface area contributed by atoms with E-state index >= 15 is 0 Å². The summed E-state index contributed by atoms with van der Waals surface area (Å²) in [6, 6.07) is 6.59. The van der Waals surface area contributed by atoms with Gasteiger partial charge in [0.05, 0.1) is 12.1 Å². The van der Waals surface area contributed by atoms with Gasteiger partial charge in [0.25, 0.3) is 5.91 Å². The van der Waals surface area contributed by atoms with Gasteiger partial charge >= 0.3 is 5.97 Å². The summed E-state index contributed by atoms with van der Waals surface area (Å²) in [4.78, 5) is 35.7. The molecule has 0 aliphatic rings. The zero-order valence-corrected chi connectivity index (χ0v) is 13.8. The van der Waals surface area contributed by atoms with Crippen molar-refractivity contribution in [3.8, 4) is 0 Å². The van der Waals surface area contributed by atoms with Crippen LogP contribution >= 0.6 is 0 Å². The van der Waals surface area contributed by atoms with Gasteiger partial charge in [-0.1, -0.05) is 12.1 Å². The lowest BCUT2D eigenvalue weighted by atomic mass is 10.1. The average Bonchev–Trinajstić information content (AvgIpc) is 2.49. The van der Waals surface area contributed by atoms with E-state index in [1.165, 1.54) is 12.3 Å². The van der Waals surface area contributed by atoms with E-state index in [0.29, 0.717) is 12.0 Å². The number of imide groups is 1. The van der Waals surface area contributed by atoms with Gasteiger partial charge in [0.2, 0.25) is 6.41 Å². The van der Waals surface area contributed by atoms with Crippen LogP contribution in [0.5, 0.6) is 0 Å². The summed E-state index contributed by atoms with van der Waals surface area (Å²) in [5.41, 5.74) is 0.592. The first-order valence-electron chi connectivity index (χ1n) is 7.19. The van der Waals surface area contributed by atoms with Crippen molar-refractivity contribution in [2.75, 3.05) is 7.05 Å². The van der Waals surface area contributed by atoms with E-state index in [2.05, 4.69) is 5.32 Å². The summed E-state index contributed by atoms with van der Waals surface area (Å²) < 4.78 is 5.27.